The van der Waals surface area contributed by atoms with Crippen molar-refractivity contribution in [3.8, 4) is 17.6 Å². The van der Waals surface area contributed by atoms with Gasteiger partial charge in [-0.25, -0.2) is 0 Å². The molecule has 0 radical (unpaired) electrons. The summed E-state index contributed by atoms with van der Waals surface area (Å²) in [6.45, 7) is 6.65. The van der Waals surface area contributed by atoms with Crippen LogP contribution in [-0.4, -0.2) is 42.7 Å². The highest BCUT2D eigenvalue weighted by Crippen LogP contribution is 2.46. The van der Waals surface area contributed by atoms with E-state index < -0.39 is 5.97 Å². The monoisotopic (exact) mass is 514 g/mol. The molecule has 1 fully saturated rings. The van der Waals surface area contributed by atoms with Gasteiger partial charge in [0.1, 0.15) is 12.4 Å². The van der Waals surface area contributed by atoms with Crippen molar-refractivity contribution < 1.29 is 14.6 Å². The Bertz CT molecular complexity index is 1300. The number of hydrogen-bond donors (Lipinski definition) is 1. The topological polar surface area (TPSA) is 53.0 Å². The molecule has 1 atom stereocenters. The fraction of sp³-hybridized carbons (Fsp3) is 0.387. The second-order valence-electron chi connectivity index (χ2n) is 10.2. The summed E-state index contributed by atoms with van der Waals surface area (Å²) in [5, 5.41) is 9.14. The average molecular weight is 515 g/mol. The predicted octanol–water partition coefficient (Wildman–Crippen LogP) is 5.89. The maximum atomic E-state index is 11.1. The molecule has 0 amide bonds. The largest absolute Gasteiger partial charge is 0.488 e. The highest BCUT2D eigenvalue weighted by atomic mass is 32.1. The van der Waals surface area contributed by atoms with Gasteiger partial charge in [-0.2, -0.15) is 0 Å². The fourth-order valence-electron chi connectivity index (χ4n) is 5.80. The molecule has 3 heterocycles. The number of carboxylic acid groups (broad SMARTS) is 1. The van der Waals surface area contributed by atoms with Crippen LogP contribution in [0.1, 0.15) is 53.0 Å². The van der Waals surface area contributed by atoms with E-state index in [4.69, 9.17) is 9.84 Å². The molecule has 0 bridgehead atoms. The maximum absolute atomic E-state index is 11.1. The Morgan fingerprint density at radius 2 is 1.81 bits per heavy atom. The molecule has 5 rings (SSSR count). The zero-order chi connectivity index (χ0) is 25.8. The van der Waals surface area contributed by atoms with Crippen LogP contribution in [-0.2, 0) is 23.4 Å². The summed E-state index contributed by atoms with van der Waals surface area (Å²) in [7, 11) is 2.22. The van der Waals surface area contributed by atoms with E-state index in [0.29, 0.717) is 12.0 Å². The first-order valence-corrected chi connectivity index (χ1v) is 13.7. The number of para-hydroxylation sites is 1. The summed E-state index contributed by atoms with van der Waals surface area (Å²) in [6, 6.07) is 21.0. The standard InChI is InChI=1S/C31H34N2O3S/c1-3-6-24(19-30(34)35)23-9-11-25(12-10-23)36-21-27-14-13-26(37-27)20-33-17-15-31(16-18-33)22-32(2)29-8-5-4-7-28(29)31/h4-5,7-14,24H,15-22H2,1-2H3,(H,34,35)/t24-/m0/s1. The van der Waals surface area contributed by atoms with E-state index in [1.807, 2.05) is 35.6 Å². The van der Waals surface area contributed by atoms with Gasteiger partial charge in [0.2, 0.25) is 0 Å². The van der Waals surface area contributed by atoms with Crippen molar-refractivity contribution in [3.63, 3.8) is 0 Å². The van der Waals surface area contributed by atoms with Gasteiger partial charge in [0.25, 0.3) is 0 Å². The molecule has 0 unspecified atom stereocenters. The lowest BCUT2D eigenvalue weighted by molar-refractivity contribution is -0.137. The predicted molar refractivity (Wildman–Crippen MR) is 149 cm³/mol. The van der Waals surface area contributed by atoms with Crippen LogP contribution in [0.2, 0.25) is 0 Å². The summed E-state index contributed by atoms with van der Waals surface area (Å²) < 4.78 is 6.02. The number of fused-ring (bicyclic) bond motifs is 2. The number of aliphatic carboxylic acids is 1. The Morgan fingerprint density at radius 1 is 1.08 bits per heavy atom. The van der Waals surface area contributed by atoms with E-state index >= 15 is 0 Å². The Kier molecular flexibility index (Phi) is 7.55. The van der Waals surface area contributed by atoms with Crippen LogP contribution in [0.5, 0.6) is 5.75 Å². The van der Waals surface area contributed by atoms with Gasteiger partial charge in [-0.15, -0.1) is 17.3 Å². The number of rotatable bonds is 8. The minimum atomic E-state index is -0.845. The van der Waals surface area contributed by atoms with E-state index in [-0.39, 0.29) is 12.3 Å². The normalized spacial score (nSPS) is 17.2. The lowest BCUT2D eigenvalue weighted by Gasteiger charge is -2.39. The van der Waals surface area contributed by atoms with Crippen LogP contribution >= 0.6 is 11.3 Å². The van der Waals surface area contributed by atoms with Crippen molar-refractivity contribution in [2.75, 3.05) is 31.6 Å². The Balaban J connectivity index is 1.12. The van der Waals surface area contributed by atoms with Gasteiger partial charge in [0.05, 0.1) is 12.3 Å². The van der Waals surface area contributed by atoms with E-state index in [2.05, 4.69) is 65.1 Å². The van der Waals surface area contributed by atoms with E-state index in [1.54, 1.807) is 6.92 Å². The molecule has 2 aliphatic rings. The number of carbonyl (C=O) groups is 1. The Hall–Kier alpha value is -3.27. The number of ether oxygens (including phenoxy) is 1. The molecule has 1 aromatic heterocycles. The molecular formula is C31H34N2O3S. The summed E-state index contributed by atoms with van der Waals surface area (Å²) in [6.07, 6.45) is 2.42. The Labute approximate surface area is 223 Å². The number of nitrogens with zero attached hydrogens (tertiary/aromatic N) is 2. The molecule has 0 aliphatic carbocycles. The van der Waals surface area contributed by atoms with Crippen molar-refractivity contribution in [2.45, 2.75) is 50.7 Å². The van der Waals surface area contributed by atoms with Crippen LogP contribution in [0, 0.1) is 11.8 Å². The molecule has 0 saturated carbocycles. The van der Waals surface area contributed by atoms with Crippen LogP contribution in [0.25, 0.3) is 0 Å². The first-order chi connectivity index (χ1) is 18.0. The molecule has 37 heavy (non-hydrogen) atoms. The summed E-state index contributed by atoms with van der Waals surface area (Å²) in [5.74, 6) is 5.45. The zero-order valence-corrected chi connectivity index (χ0v) is 22.4. The molecular weight excluding hydrogens is 480 g/mol. The van der Waals surface area contributed by atoms with Crippen molar-refractivity contribution in [2.24, 2.45) is 0 Å². The highest BCUT2D eigenvalue weighted by molar-refractivity contribution is 7.11. The smallest absolute Gasteiger partial charge is 0.304 e. The van der Waals surface area contributed by atoms with E-state index in [0.717, 1.165) is 37.5 Å². The molecule has 2 aromatic carbocycles. The first kappa shape index (κ1) is 25.4. The maximum Gasteiger partial charge on any atom is 0.304 e. The average Bonchev–Trinajstić information content (AvgIpc) is 3.46. The molecule has 192 valence electrons. The third kappa shape index (κ3) is 5.69. The number of benzene rings is 2. The van der Waals surface area contributed by atoms with Crippen LogP contribution in [0.3, 0.4) is 0 Å². The molecule has 2 aliphatic heterocycles. The van der Waals surface area contributed by atoms with Crippen molar-refractivity contribution >= 4 is 23.0 Å². The third-order valence-electron chi connectivity index (χ3n) is 7.70. The SMILES string of the molecule is CC#C[C@@H](CC(=O)O)c1ccc(OCc2ccc(CN3CCC4(CC3)CN(C)c3ccccc34)s2)cc1. The van der Waals surface area contributed by atoms with Gasteiger partial charge in [-0.3, -0.25) is 9.69 Å². The van der Waals surface area contributed by atoms with Gasteiger partial charge < -0.3 is 14.7 Å². The summed E-state index contributed by atoms with van der Waals surface area (Å²) in [4.78, 5) is 18.7. The molecule has 5 nitrogen and oxygen atoms in total. The minimum absolute atomic E-state index is 0.00135. The van der Waals surface area contributed by atoms with Gasteiger partial charge in [0, 0.05) is 41.0 Å². The van der Waals surface area contributed by atoms with Crippen molar-refractivity contribution in [3.05, 3.63) is 81.5 Å². The van der Waals surface area contributed by atoms with Gasteiger partial charge in [-0.1, -0.05) is 36.3 Å². The lowest BCUT2D eigenvalue weighted by Crippen LogP contribution is -2.44. The first-order valence-electron chi connectivity index (χ1n) is 12.9. The van der Waals surface area contributed by atoms with Crippen LogP contribution in [0.15, 0.2) is 60.7 Å². The second kappa shape index (κ2) is 11.0. The molecule has 1 N–H and O–H groups in total. The van der Waals surface area contributed by atoms with E-state index in [9.17, 15) is 4.79 Å². The minimum Gasteiger partial charge on any atom is -0.488 e. The van der Waals surface area contributed by atoms with E-state index in [1.165, 1.54) is 33.8 Å². The number of likely N-dealkylation sites (N-methyl/N-ethyl adjacent to an activating group) is 1. The lowest BCUT2D eigenvalue weighted by atomic mass is 9.74. The number of piperidine rings is 1. The number of hydrogen-bond acceptors (Lipinski definition) is 5. The molecule has 1 saturated heterocycles. The number of anilines is 1. The zero-order valence-electron chi connectivity index (χ0n) is 21.6. The van der Waals surface area contributed by atoms with Gasteiger partial charge >= 0.3 is 5.97 Å². The molecule has 6 heteroatoms. The second-order valence-corrected chi connectivity index (χ2v) is 11.5. The third-order valence-corrected chi connectivity index (χ3v) is 8.74. The highest BCUT2D eigenvalue weighted by Gasteiger charge is 2.43. The number of carboxylic acids is 1. The molecule has 3 aromatic rings. The Morgan fingerprint density at radius 3 is 2.54 bits per heavy atom. The van der Waals surface area contributed by atoms with Crippen LogP contribution in [0.4, 0.5) is 5.69 Å². The van der Waals surface area contributed by atoms with Gasteiger partial charge in [0.15, 0.2) is 0 Å². The number of likely N-dealkylation sites (tertiary alicyclic amines) is 1. The number of thiophene rings is 1. The van der Waals surface area contributed by atoms with Crippen molar-refractivity contribution in [1.29, 1.82) is 0 Å². The quantitative estimate of drug-likeness (QED) is 0.380. The summed E-state index contributed by atoms with van der Waals surface area (Å²) >= 11 is 1.82. The molecule has 1 spiro atoms. The summed E-state index contributed by atoms with van der Waals surface area (Å²) in [5.41, 5.74) is 4.15. The fourth-order valence-corrected chi connectivity index (χ4v) is 6.78. The van der Waals surface area contributed by atoms with Crippen LogP contribution < -0.4 is 9.64 Å². The van der Waals surface area contributed by atoms with Gasteiger partial charge in [-0.05, 0) is 74.3 Å². The van der Waals surface area contributed by atoms with Crippen molar-refractivity contribution in [1.82, 2.24) is 4.90 Å².